The summed E-state index contributed by atoms with van der Waals surface area (Å²) in [6.45, 7) is 7.10. The molecule has 2 heteroatoms. The lowest BCUT2D eigenvalue weighted by molar-refractivity contribution is 0.158. The molecule has 0 N–H and O–H groups in total. The third-order valence-electron chi connectivity index (χ3n) is 2.33. The minimum Gasteiger partial charge on any atom is -0.396 e. The summed E-state index contributed by atoms with van der Waals surface area (Å²) in [5.41, 5.74) is 0. The van der Waals surface area contributed by atoms with Gasteiger partial charge in [0.05, 0.1) is 0 Å². The van der Waals surface area contributed by atoms with E-state index in [1.54, 1.807) is 0 Å². The van der Waals surface area contributed by atoms with Crippen molar-refractivity contribution < 1.29 is 4.84 Å². The molecule has 0 rings (SSSR count). The lowest BCUT2D eigenvalue weighted by Crippen LogP contribution is -2.02. The Bertz CT molecular complexity index is 126. The van der Waals surface area contributed by atoms with Gasteiger partial charge in [-0.2, -0.15) is 0 Å². The number of rotatable bonds is 9. The maximum absolute atomic E-state index is 4.99. The van der Waals surface area contributed by atoms with Gasteiger partial charge in [-0.1, -0.05) is 44.7 Å². The molecule has 0 amide bonds. The van der Waals surface area contributed by atoms with E-state index < -0.39 is 0 Å². The standard InChI is InChI=1S/C12H25NO/c1-4-7-9-12(10-8-5-2)11-13-14-6-3/h11-12H,4-10H2,1-3H3/b13-11+. The molecular formula is C12H25NO. The highest BCUT2D eigenvalue weighted by molar-refractivity contribution is 5.59. The zero-order valence-corrected chi connectivity index (χ0v) is 9.96. The molecule has 0 saturated heterocycles. The van der Waals surface area contributed by atoms with Crippen molar-refractivity contribution in [3.8, 4) is 0 Å². The minimum absolute atomic E-state index is 0.626. The van der Waals surface area contributed by atoms with Crippen molar-refractivity contribution in [3.63, 3.8) is 0 Å². The molecule has 14 heavy (non-hydrogen) atoms. The second kappa shape index (κ2) is 10.6. The lowest BCUT2D eigenvalue weighted by atomic mass is 9.97. The van der Waals surface area contributed by atoms with Crippen LogP contribution in [-0.4, -0.2) is 12.8 Å². The molecule has 0 aromatic rings. The second-order valence-corrected chi connectivity index (χ2v) is 3.72. The molecule has 0 heterocycles. The molecule has 0 saturated carbocycles. The van der Waals surface area contributed by atoms with E-state index in [1.807, 2.05) is 13.1 Å². The van der Waals surface area contributed by atoms with Gasteiger partial charge in [-0.05, 0) is 25.7 Å². The molecular weight excluding hydrogens is 174 g/mol. The number of oxime groups is 1. The van der Waals surface area contributed by atoms with Crippen LogP contribution in [0.2, 0.25) is 0 Å². The first-order chi connectivity index (χ1) is 6.85. The van der Waals surface area contributed by atoms with Crippen LogP contribution < -0.4 is 0 Å². The van der Waals surface area contributed by atoms with E-state index in [0.29, 0.717) is 12.5 Å². The third-order valence-corrected chi connectivity index (χ3v) is 2.33. The van der Waals surface area contributed by atoms with E-state index in [0.717, 1.165) is 0 Å². The molecule has 84 valence electrons. The van der Waals surface area contributed by atoms with Crippen LogP contribution >= 0.6 is 0 Å². The Labute approximate surface area is 88.7 Å². The van der Waals surface area contributed by atoms with Crippen molar-refractivity contribution in [1.29, 1.82) is 0 Å². The molecule has 2 nitrogen and oxygen atoms in total. The van der Waals surface area contributed by atoms with Crippen molar-refractivity contribution in [2.75, 3.05) is 6.61 Å². The smallest absolute Gasteiger partial charge is 0.114 e. The number of hydrogen-bond donors (Lipinski definition) is 0. The summed E-state index contributed by atoms with van der Waals surface area (Å²) in [5.74, 6) is 0.626. The number of nitrogens with zero attached hydrogens (tertiary/aromatic N) is 1. The van der Waals surface area contributed by atoms with Gasteiger partial charge in [0, 0.05) is 6.21 Å². The number of unbranched alkanes of at least 4 members (excludes halogenated alkanes) is 2. The maximum Gasteiger partial charge on any atom is 0.114 e. The normalized spacial score (nSPS) is 11.4. The average Bonchev–Trinajstić information content (AvgIpc) is 2.21. The average molecular weight is 199 g/mol. The molecule has 0 aromatic heterocycles. The topological polar surface area (TPSA) is 21.6 Å². The van der Waals surface area contributed by atoms with Crippen LogP contribution in [0.15, 0.2) is 5.16 Å². The third kappa shape index (κ3) is 8.09. The van der Waals surface area contributed by atoms with E-state index in [1.165, 1.54) is 38.5 Å². The molecule has 0 unspecified atom stereocenters. The van der Waals surface area contributed by atoms with Crippen molar-refractivity contribution in [2.45, 2.75) is 59.3 Å². The Balaban J connectivity index is 3.71. The predicted octanol–water partition coefficient (Wildman–Crippen LogP) is 4.01. The van der Waals surface area contributed by atoms with Gasteiger partial charge >= 0.3 is 0 Å². The first kappa shape index (κ1) is 13.5. The summed E-state index contributed by atoms with van der Waals surface area (Å²) in [6.07, 6.45) is 9.64. The van der Waals surface area contributed by atoms with Crippen molar-refractivity contribution in [1.82, 2.24) is 0 Å². The van der Waals surface area contributed by atoms with Crippen molar-refractivity contribution in [2.24, 2.45) is 11.1 Å². The molecule has 0 aliphatic heterocycles. The van der Waals surface area contributed by atoms with Gasteiger partial charge < -0.3 is 4.84 Å². The maximum atomic E-state index is 4.99. The Morgan fingerprint density at radius 2 is 1.64 bits per heavy atom. The molecule has 0 aromatic carbocycles. The van der Waals surface area contributed by atoms with Crippen LogP contribution in [-0.2, 0) is 4.84 Å². The summed E-state index contributed by atoms with van der Waals surface area (Å²) in [5, 5.41) is 3.97. The van der Waals surface area contributed by atoms with E-state index >= 15 is 0 Å². The van der Waals surface area contributed by atoms with Gasteiger partial charge in [-0.3, -0.25) is 0 Å². The van der Waals surface area contributed by atoms with Gasteiger partial charge in [0.1, 0.15) is 6.61 Å². The van der Waals surface area contributed by atoms with Crippen molar-refractivity contribution in [3.05, 3.63) is 0 Å². The zero-order valence-electron chi connectivity index (χ0n) is 9.96. The molecule has 0 radical (unpaired) electrons. The summed E-state index contributed by atoms with van der Waals surface area (Å²) in [4.78, 5) is 4.99. The Morgan fingerprint density at radius 3 is 2.07 bits per heavy atom. The van der Waals surface area contributed by atoms with Crippen LogP contribution in [0, 0.1) is 5.92 Å². The largest absolute Gasteiger partial charge is 0.396 e. The predicted molar refractivity (Wildman–Crippen MR) is 62.7 cm³/mol. The van der Waals surface area contributed by atoms with Crippen LogP contribution in [0.5, 0.6) is 0 Å². The molecule has 0 atom stereocenters. The fraction of sp³-hybridized carbons (Fsp3) is 0.917. The molecule has 0 fully saturated rings. The summed E-state index contributed by atoms with van der Waals surface area (Å²) >= 11 is 0. The fourth-order valence-electron chi connectivity index (χ4n) is 1.43. The van der Waals surface area contributed by atoms with Crippen LogP contribution in [0.25, 0.3) is 0 Å². The highest BCUT2D eigenvalue weighted by Crippen LogP contribution is 2.14. The van der Waals surface area contributed by atoms with Crippen LogP contribution in [0.1, 0.15) is 59.3 Å². The fourth-order valence-corrected chi connectivity index (χ4v) is 1.43. The monoisotopic (exact) mass is 199 g/mol. The van der Waals surface area contributed by atoms with Gasteiger partial charge in [0.25, 0.3) is 0 Å². The van der Waals surface area contributed by atoms with Crippen molar-refractivity contribution >= 4 is 6.21 Å². The van der Waals surface area contributed by atoms with Crippen LogP contribution in [0.3, 0.4) is 0 Å². The minimum atomic E-state index is 0.626. The van der Waals surface area contributed by atoms with Gasteiger partial charge in [0.2, 0.25) is 0 Å². The summed E-state index contributed by atoms with van der Waals surface area (Å²) < 4.78 is 0. The van der Waals surface area contributed by atoms with E-state index in [2.05, 4.69) is 19.0 Å². The summed E-state index contributed by atoms with van der Waals surface area (Å²) in [6, 6.07) is 0. The molecule has 0 spiro atoms. The second-order valence-electron chi connectivity index (χ2n) is 3.72. The molecule has 0 aliphatic carbocycles. The highest BCUT2D eigenvalue weighted by Gasteiger charge is 2.04. The lowest BCUT2D eigenvalue weighted by Gasteiger charge is -2.09. The van der Waals surface area contributed by atoms with Gasteiger partial charge in [-0.15, -0.1) is 0 Å². The Hall–Kier alpha value is -0.530. The Kier molecular flexibility index (Phi) is 10.2. The SMILES string of the molecule is CCCCC(/C=N/OCC)CCCC. The molecule has 0 aliphatic rings. The van der Waals surface area contributed by atoms with Gasteiger partial charge in [-0.25, -0.2) is 0 Å². The van der Waals surface area contributed by atoms with Gasteiger partial charge in [0.15, 0.2) is 0 Å². The number of hydrogen-bond acceptors (Lipinski definition) is 2. The first-order valence-electron chi connectivity index (χ1n) is 6.00. The first-order valence-corrected chi connectivity index (χ1v) is 6.00. The molecule has 0 bridgehead atoms. The Morgan fingerprint density at radius 1 is 1.07 bits per heavy atom. The van der Waals surface area contributed by atoms with E-state index in [4.69, 9.17) is 4.84 Å². The zero-order chi connectivity index (χ0) is 10.6. The van der Waals surface area contributed by atoms with E-state index in [9.17, 15) is 0 Å². The summed E-state index contributed by atoms with van der Waals surface area (Å²) in [7, 11) is 0. The van der Waals surface area contributed by atoms with E-state index in [-0.39, 0.29) is 0 Å². The van der Waals surface area contributed by atoms with Crippen LogP contribution in [0.4, 0.5) is 0 Å². The quantitative estimate of drug-likeness (QED) is 0.406. The highest BCUT2D eigenvalue weighted by atomic mass is 16.6.